The van der Waals surface area contributed by atoms with Gasteiger partial charge in [0.2, 0.25) is 5.91 Å². The molecule has 3 rings (SSSR count). The fraction of sp³-hybridized carbons (Fsp3) is 0.412. The first-order valence-electron chi connectivity index (χ1n) is 8.27. The Kier molecular flexibility index (Phi) is 5.41. The molecule has 8 nitrogen and oxygen atoms in total. The van der Waals surface area contributed by atoms with Gasteiger partial charge in [-0.2, -0.15) is 0 Å². The summed E-state index contributed by atoms with van der Waals surface area (Å²) in [6.45, 7) is 3.40. The topological polar surface area (TPSA) is 120 Å². The highest BCUT2D eigenvalue weighted by Crippen LogP contribution is 2.50. The molecule has 1 saturated heterocycles. The highest BCUT2D eigenvalue weighted by molar-refractivity contribution is 8.06. The summed E-state index contributed by atoms with van der Waals surface area (Å²) < 4.78 is 0. The standard InChI is InChI=1S/C17H19N3O5S2/c1-7-12-10(8(2)21)16(23)20(12)13(17(24)25)14(7)26-5-4-9-11(15(22)18-3)19-6-27-9/h4-8,10,12,21H,1-3H3,(H,18,22)(H,24,25)/t7-,8-,10-,12-/m1/s1. The Morgan fingerprint density at radius 2 is 2.19 bits per heavy atom. The van der Waals surface area contributed by atoms with Crippen LogP contribution in [0.25, 0.3) is 6.08 Å². The fourth-order valence-electron chi connectivity index (χ4n) is 3.51. The Labute approximate surface area is 164 Å². The zero-order valence-electron chi connectivity index (χ0n) is 14.9. The van der Waals surface area contributed by atoms with Gasteiger partial charge in [0.05, 0.1) is 28.5 Å². The van der Waals surface area contributed by atoms with Crippen LogP contribution < -0.4 is 5.32 Å². The first-order chi connectivity index (χ1) is 12.8. The number of carbonyl (C=O) groups excluding carboxylic acids is 2. The van der Waals surface area contributed by atoms with Crippen molar-refractivity contribution in [3.8, 4) is 0 Å². The Hall–Kier alpha value is -2.17. The normalized spacial score (nSPS) is 25.6. The highest BCUT2D eigenvalue weighted by atomic mass is 32.2. The lowest BCUT2D eigenvalue weighted by atomic mass is 9.79. The van der Waals surface area contributed by atoms with Crippen molar-refractivity contribution >= 4 is 47.0 Å². The number of thioether (sulfide) groups is 1. The van der Waals surface area contributed by atoms with E-state index in [-0.39, 0.29) is 29.5 Å². The van der Waals surface area contributed by atoms with Crippen LogP contribution >= 0.6 is 23.1 Å². The number of aromatic nitrogens is 1. The average molecular weight is 409 g/mol. The number of aliphatic hydroxyl groups is 1. The van der Waals surface area contributed by atoms with E-state index in [1.54, 1.807) is 23.9 Å². The van der Waals surface area contributed by atoms with Crippen molar-refractivity contribution in [2.24, 2.45) is 11.8 Å². The molecular formula is C17H19N3O5S2. The van der Waals surface area contributed by atoms with Crippen LogP contribution in [-0.2, 0) is 9.59 Å². The molecule has 10 heteroatoms. The third-order valence-corrected chi connectivity index (χ3v) is 6.65. The number of nitrogens with one attached hydrogen (secondary N) is 1. The molecule has 0 spiro atoms. The summed E-state index contributed by atoms with van der Waals surface area (Å²) in [4.78, 5) is 42.3. The Morgan fingerprint density at radius 3 is 2.78 bits per heavy atom. The van der Waals surface area contributed by atoms with Crippen LogP contribution in [0.2, 0.25) is 0 Å². The number of aliphatic hydroxyl groups excluding tert-OH is 1. The summed E-state index contributed by atoms with van der Waals surface area (Å²) in [7, 11) is 1.52. The van der Waals surface area contributed by atoms with Gasteiger partial charge in [-0.05, 0) is 18.4 Å². The molecule has 0 unspecified atom stereocenters. The van der Waals surface area contributed by atoms with Gasteiger partial charge in [0, 0.05) is 17.9 Å². The maximum Gasteiger partial charge on any atom is 0.353 e. The van der Waals surface area contributed by atoms with E-state index in [0.29, 0.717) is 15.5 Å². The predicted molar refractivity (Wildman–Crippen MR) is 102 cm³/mol. The van der Waals surface area contributed by atoms with Gasteiger partial charge in [-0.3, -0.25) is 9.59 Å². The van der Waals surface area contributed by atoms with E-state index >= 15 is 0 Å². The van der Waals surface area contributed by atoms with Gasteiger partial charge in [-0.15, -0.1) is 11.3 Å². The smallest absolute Gasteiger partial charge is 0.353 e. The quantitative estimate of drug-likeness (QED) is 0.607. The number of carboxylic acids is 1. The fourth-order valence-corrected chi connectivity index (χ4v) is 5.27. The second kappa shape index (κ2) is 7.45. The zero-order valence-corrected chi connectivity index (χ0v) is 16.5. The van der Waals surface area contributed by atoms with E-state index in [1.165, 1.54) is 35.0 Å². The third kappa shape index (κ3) is 3.17. The van der Waals surface area contributed by atoms with Crippen molar-refractivity contribution in [2.75, 3.05) is 7.05 Å². The first kappa shape index (κ1) is 19.6. The van der Waals surface area contributed by atoms with E-state index in [4.69, 9.17) is 0 Å². The molecule has 0 bridgehead atoms. The van der Waals surface area contributed by atoms with Crippen molar-refractivity contribution < 1.29 is 24.6 Å². The third-order valence-electron chi connectivity index (χ3n) is 4.76. The SMILES string of the molecule is CNC(=O)c1ncsc1C=CSC1=C(C(=O)O)N2C(=O)[C@H]([C@@H](C)O)[C@H]2[C@H]1C. The minimum absolute atomic E-state index is 0.0279. The average Bonchev–Trinajstić information content (AvgIpc) is 3.16. The van der Waals surface area contributed by atoms with Crippen LogP contribution in [0.3, 0.4) is 0 Å². The number of carboxylic acid groups (broad SMARTS) is 1. The van der Waals surface area contributed by atoms with E-state index in [1.807, 2.05) is 6.92 Å². The molecule has 2 aliphatic heterocycles. The maximum atomic E-state index is 12.3. The minimum Gasteiger partial charge on any atom is -0.477 e. The van der Waals surface area contributed by atoms with E-state index in [2.05, 4.69) is 10.3 Å². The summed E-state index contributed by atoms with van der Waals surface area (Å²) in [5.74, 6) is -2.61. The van der Waals surface area contributed by atoms with Crippen LogP contribution in [0.5, 0.6) is 0 Å². The molecule has 0 aliphatic carbocycles. The monoisotopic (exact) mass is 409 g/mol. The summed E-state index contributed by atoms with van der Waals surface area (Å²) in [6.07, 6.45) is 0.874. The molecule has 0 aromatic carbocycles. The lowest BCUT2D eigenvalue weighted by Gasteiger charge is -2.46. The number of aliphatic carboxylic acids is 1. The molecule has 0 radical (unpaired) electrons. The summed E-state index contributed by atoms with van der Waals surface area (Å²) in [5, 5.41) is 23.6. The van der Waals surface area contributed by atoms with E-state index in [9.17, 15) is 24.6 Å². The zero-order chi connectivity index (χ0) is 19.9. The van der Waals surface area contributed by atoms with Crippen LogP contribution in [0, 0.1) is 11.8 Å². The summed E-state index contributed by atoms with van der Waals surface area (Å²) >= 11 is 2.51. The van der Waals surface area contributed by atoms with Gasteiger partial charge in [-0.25, -0.2) is 9.78 Å². The van der Waals surface area contributed by atoms with Gasteiger partial charge in [-0.1, -0.05) is 18.7 Å². The molecule has 1 aromatic rings. The van der Waals surface area contributed by atoms with E-state index < -0.39 is 18.0 Å². The number of carbonyl (C=O) groups is 3. The Bertz CT molecular complexity index is 861. The number of β-lactam (4-membered cyclic amide) rings is 1. The van der Waals surface area contributed by atoms with Crippen LogP contribution in [-0.4, -0.2) is 57.1 Å². The second-order valence-corrected chi connectivity index (χ2v) is 8.17. The molecule has 1 aromatic heterocycles. The number of thiazole rings is 1. The second-order valence-electron chi connectivity index (χ2n) is 6.34. The lowest BCUT2D eigenvalue weighted by molar-refractivity contribution is -0.163. The molecule has 4 atom stereocenters. The lowest BCUT2D eigenvalue weighted by Crippen LogP contribution is -2.63. The summed E-state index contributed by atoms with van der Waals surface area (Å²) in [5.41, 5.74) is 1.84. The molecule has 27 heavy (non-hydrogen) atoms. The minimum atomic E-state index is -1.17. The van der Waals surface area contributed by atoms with Gasteiger partial charge >= 0.3 is 5.97 Å². The molecular weight excluding hydrogens is 390 g/mol. The van der Waals surface area contributed by atoms with Gasteiger partial charge in [0.1, 0.15) is 11.4 Å². The predicted octanol–water partition coefficient (Wildman–Crippen LogP) is 1.36. The van der Waals surface area contributed by atoms with Crippen molar-refractivity contribution in [1.82, 2.24) is 15.2 Å². The molecule has 2 aliphatic rings. The number of rotatable bonds is 6. The van der Waals surface area contributed by atoms with Crippen LogP contribution in [0.15, 0.2) is 21.5 Å². The molecule has 3 heterocycles. The van der Waals surface area contributed by atoms with Gasteiger partial charge in [0.25, 0.3) is 5.91 Å². The maximum absolute atomic E-state index is 12.3. The molecule has 0 saturated carbocycles. The van der Waals surface area contributed by atoms with Gasteiger partial charge < -0.3 is 20.4 Å². The van der Waals surface area contributed by atoms with Crippen molar-refractivity contribution in [1.29, 1.82) is 0 Å². The Morgan fingerprint density at radius 1 is 1.48 bits per heavy atom. The van der Waals surface area contributed by atoms with Crippen LogP contribution in [0.4, 0.5) is 0 Å². The van der Waals surface area contributed by atoms with Gasteiger partial charge in [0.15, 0.2) is 0 Å². The largest absolute Gasteiger partial charge is 0.477 e. The number of fused-ring (bicyclic) bond motifs is 1. The molecule has 144 valence electrons. The first-order valence-corrected chi connectivity index (χ1v) is 10.0. The Balaban J connectivity index is 1.84. The van der Waals surface area contributed by atoms with Crippen molar-refractivity contribution in [2.45, 2.75) is 26.0 Å². The molecule has 3 N–H and O–H groups in total. The number of hydrogen-bond acceptors (Lipinski definition) is 7. The number of nitrogens with zero attached hydrogens (tertiary/aromatic N) is 2. The number of hydrogen-bond donors (Lipinski definition) is 3. The van der Waals surface area contributed by atoms with E-state index in [0.717, 1.165) is 0 Å². The molecule has 1 fully saturated rings. The van der Waals surface area contributed by atoms with Crippen molar-refractivity contribution in [3.05, 3.63) is 32.1 Å². The molecule has 2 amide bonds. The number of amides is 2. The van der Waals surface area contributed by atoms with Crippen LogP contribution in [0.1, 0.15) is 29.2 Å². The highest BCUT2D eigenvalue weighted by Gasteiger charge is 2.59. The summed E-state index contributed by atoms with van der Waals surface area (Å²) in [6, 6.07) is -0.343. The van der Waals surface area contributed by atoms with Crippen molar-refractivity contribution in [3.63, 3.8) is 0 Å².